The zero-order valence-electron chi connectivity index (χ0n) is 9.52. The van der Waals surface area contributed by atoms with Crippen molar-refractivity contribution in [3.63, 3.8) is 0 Å². The molecule has 0 bridgehead atoms. The predicted molar refractivity (Wildman–Crippen MR) is 60.8 cm³/mol. The molecule has 0 aromatic rings. The van der Waals surface area contributed by atoms with Crippen LogP contribution in [-0.4, -0.2) is 6.54 Å². The summed E-state index contributed by atoms with van der Waals surface area (Å²) in [5.74, 6) is 0.993. The van der Waals surface area contributed by atoms with E-state index in [4.69, 9.17) is 5.73 Å². The van der Waals surface area contributed by atoms with Gasteiger partial charge in [-0.25, -0.2) is 0 Å². The third-order valence-corrected chi connectivity index (χ3v) is 2.71. The van der Waals surface area contributed by atoms with Crippen molar-refractivity contribution in [2.24, 2.45) is 11.7 Å². The van der Waals surface area contributed by atoms with Crippen molar-refractivity contribution >= 4 is 0 Å². The molecule has 0 atom stereocenters. The Morgan fingerprint density at radius 2 is 1.46 bits per heavy atom. The van der Waals surface area contributed by atoms with Gasteiger partial charge in [0.15, 0.2) is 0 Å². The maximum atomic E-state index is 5.46. The van der Waals surface area contributed by atoms with E-state index in [1.807, 2.05) is 0 Å². The van der Waals surface area contributed by atoms with Crippen LogP contribution < -0.4 is 5.73 Å². The van der Waals surface area contributed by atoms with E-state index in [0.29, 0.717) is 0 Å². The molecule has 0 aliphatic rings. The molecule has 1 heteroatoms. The van der Waals surface area contributed by atoms with Gasteiger partial charge in [0.1, 0.15) is 0 Å². The summed E-state index contributed by atoms with van der Waals surface area (Å²) in [4.78, 5) is 0. The molecule has 0 saturated carbocycles. The molecule has 80 valence electrons. The van der Waals surface area contributed by atoms with Gasteiger partial charge in [0.25, 0.3) is 0 Å². The topological polar surface area (TPSA) is 26.0 Å². The molecule has 0 spiro atoms. The zero-order valence-corrected chi connectivity index (χ0v) is 9.52. The monoisotopic (exact) mass is 185 g/mol. The lowest BCUT2D eigenvalue weighted by molar-refractivity contribution is 0.393. The molecule has 0 saturated heterocycles. The Morgan fingerprint density at radius 1 is 0.846 bits per heavy atom. The Bertz CT molecular complexity index is 85.1. The minimum Gasteiger partial charge on any atom is -0.330 e. The van der Waals surface area contributed by atoms with Crippen molar-refractivity contribution in [3.8, 4) is 0 Å². The fourth-order valence-corrected chi connectivity index (χ4v) is 2.00. The largest absolute Gasteiger partial charge is 0.330 e. The van der Waals surface area contributed by atoms with Crippen molar-refractivity contribution in [1.29, 1.82) is 0 Å². The van der Waals surface area contributed by atoms with Crippen LogP contribution in [0.1, 0.15) is 65.2 Å². The minimum absolute atomic E-state index is 0.867. The number of hydrogen-bond donors (Lipinski definition) is 1. The van der Waals surface area contributed by atoms with E-state index in [1.54, 1.807) is 0 Å². The fourth-order valence-electron chi connectivity index (χ4n) is 2.00. The van der Waals surface area contributed by atoms with Gasteiger partial charge in [-0.3, -0.25) is 0 Å². The van der Waals surface area contributed by atoms with Crippen LogP contribution in [0.2, 0.25) is 0 Å². The lowest BCUT2D eigenvalue weighted by atomic mass is 9.92. The van der Waals surface area contributed by atoms with Crippen molar-refractivity contribution in [2.75, 3.05) is 6.54 Å². The van der Waals surface area contributed by atoms with Crippen LogP contribution in [0.4, 0.5) is 0 Å². The minimum atomic E-state index is 0.867. The second kappa shape index (κ2) is 10.0. The van der Waals surface area contributed by atoms with Crippen molar-refractivity contribution < 1.29 is 0 Å². The van der Waals surface area contributed by atoms with Crippen LogP contribution in [0.3, 0.4) is 0 Å². The van der Waals surface area contributed by atoms with Gasteiger partial charge in [0, 0.05) is 0 Å². The zero-order chi connectivity index (χ0) is 9.94. The van der Waals surface area contributed by atoms with Gasteiger partial charge in [-0.2, -0.15) is 0 Å². The summed E-state index contributed by atoms with van der Waals surface area (Å²) in [6.45, 7) is 5.46. The predicted octanol–water partition coefficient (Wildman–Crippen LogP) is 3.72. The fraction of sp³-hybridized carbons (Fsp3) is 1.00. The summed E-state index contributed by atoms with van der Waals surface area (Å²) >= 11 is 0. The second-order valence-corrected chi connectivity index (χ2v) is 4.08. The Balaban J connectivity index is 3.33. The summed E-state index contributed by atoms with van der Waals surface area (Å²) in [5.41, 5.74) is 5.46. The van der Waals surface area contributed by atoms with Gasteiger partial charge < -0.3 is 5.73 Å². The van der Waals surface area contributed by atoms with Gasteiger partial charge in [0.05, 0.1) is 0 Å². The quantitative estimate of drug-likeness (QED) is 0.544. The molecule has 0 aliphatic carbocycles. The Morgan fingerprint density at radius 3 is 1.92 bits per heavy atom. The van der Waals surface area contributed by atoms with E-state index >= 15 is 0 Å². The first kappa shape index (κ1) is 13.0. The van der Waals surface area contributed by atoms with Crippen LogP contribution in [0.15, 0.2) is 0 Å². The van der Waals surface area contributed by atoms with E-state index in [2.05, 4.69) is 13.8 Å². The maximum absolute atomic E-state index is 5.46. The number of rotatable bonds is 9. The lowest BCUT2D eigenvalue weighted by Gasteiger charge is -2.14. The number of unbranched alkanes of at least 4 members (excludes halogenated alkanes) is 2. The van der Waals surface area contributed by atoms with Crippen LogP contribution in [0.25, 0.3) is 0 Å². The highest BCUT2D eigenvalue weighted by Gasteiger charge is 2.05. The molecule has 0 aromatic carbocycles. The Hall–Kier alpha value is -0.0400. The molecule has 0 aromatic heterocycles. The summed E-state index contributed by atoms with van der Waals surface area (Å²) in [5, 5.41) is 0. The van der Waals surface area contributed by atoms with Crippen molar-refractivity contribution in [3.05, 3.63) is 0 Å². The summed E-state index contributed by atoms with van der Waals surface area (Å²) in [6.07, 6.45) is 10.9. The molecule has 1 nitrogen and oxygen atoms in total. The van der Waals surface area contributed by atoms with Crippen molar-refractivity contribution in [1.82, 2.24) is 0 Å². The highest BCUT2D eigenvalue weighted by Crippen LogP contribution is 2.20. The molecule has 2 N–H and O–H groups in total. The molecule has 0 unspecified atom stereocenters. The second-order valence-electron chi connectivity index (χ2n) is 4.08. The molecule has 0 rings (SSSR count). The molecule has 13 heavy (non-hydrogen) atoms. The van der Waals surface area contributed by atoms with Gasteiger partial charge in [-0.15, -0.1) is 0 Å². The van der Waals surface area contributed by atoms with E-state index < -0.39 is 0 Å². The number of hydrogen-bond acceptors (Lipinski definition) is 1. The highest BCUT2D eigenvalue weighted by atomic mass is 14.5. The molecule has 0 heterocycles. The van der Waals surface area contributed by atoms with Crippen LogP contribution in [0.5, 0.6) is 0 Å². The van der Waals surface area contributed by atoms with Crippen LogP contribution in [-0.2, 0) is 0 Å². The SMILES string of the molecule is CCCC(CCC)CCCCCN. The third-order valence-electron chi connectivity index (χ3n) is 2.71. The van der Waals surface area contributed by atoms with Gasteiger partial charge in [0.2, 0.25) is 0 Å². The summed E-state index contributed by atoms with van der Waals surface area (Å²) in [7, 11) is 0. The molecule has 0 radical (unpaired) electrons. The Kier molecular flexibility index (Phi) is 10.0. The molecular formula is C12H27N. The lowest BCUT2D eigenvalue weighted by Crippen LogP contribution is -2.01. The van der Waals surface area contributed by atoms with Gasteiger partial charge in [-0.1, -0.05) is 58.8 Å². The Labute approximate surface area is 84.1 Å². The first-order valence-corrected chi connectivity index (χ1v) is 6.05. The molecule has 0 fully saturated rings. The van der Waals surface area contributed by atoms with E-state index in [1.165, 1.54) is 51.4 Å². The van der Waals surface area contributed by atoms with Crippen LogP contribution in [0, 0.1) is 5.92 Å². The first-order valence-electron chi connectivity index (χ1n) is 6.05. The summed E-state index contributed by atoms with van der Waals surface area (Å²) < 4.78 is 0. The summed E-state index contributed by atoms with van der Waals surface area (Å²) in [6, 6.07) is 0. The average Bonchev–Trinajstić information content (AvgIpc) is 2.13. The van der Waals surface area contributed by atoms with E-state index in [9.17, 15) is 0 Å². The normalized spacial score (nSPS) is 11.1. The van der Waals surface area contributed by atoms with Crippen LogP contribution >= 0.6 is 0 Å². The van der Waals surface area contributed by atoms with Crippen molar-refractivity contribution in [2.45, 2.75) is 65.2 Å². The first-order chi connectivity index (χ1) is 6.35. The van der Waals surface area contributed by atoms with Gasteiger partial charge >= 0.3 is 0 Å². The third kappa shape index (κ3) is 8.29. The molecule has 0 amide bonds. The average molecular weight is 185 g/mol. The molecular weight excluding hydrogens is 158 g/mol. The standard InChI is InChI=1S/C12H27N/c1-3-8-12(9-4-2)10-6-5-7-11-13/h12H,3-11,13H2,1-2H3. The van der Waals surface area contributed by atoms with Gasteiger partial charge in [-0.05, 0) is 18.9 Å². The van der Waals surface area contributed by atoms with E-state index in [-0.39, 0.29) is 0 Å². The smallest absolute Gasteiger partial charge is 0.00773 e. The maximum Gasteiger partial charge on any atom is -0.00773 e. The molecule has 0 aliphatic heterocycles. The number of nitrogens with two attached hydrogens (primary N) is 1. The van der Waals surface area contributed by atoms with E-state index in [0.717, 1.165) is 12.5 Å². The highest BCUT2D eigenvalue weighted by molar-refractivity contribution is 4.58.